The second kappa shape index (κ2) is 7.27. The highest BCUT2D eigenvalue weighted by Gasteiger charge is 2.21. The summed E-state index contributed by atoms with van der Waals surface area (Å²) in [7, 11) is 0. The van der Waals surface area contributed by atoms with Gasteiger partial charge in [-0.05, 0) is 63.0 Å². The molecule has 0 aliphatic carbocycles. The Kier molecular flexibility index (Phi) is 5.67. The summed E-state index contributed by atoms with van der Waals surface area (Å²) >= 11 is 3.42. The molecule has 1 atom stereocenters. The van der Waals surface area contributed by atoms with Crippen molar-refractivity contribution in [3.63, 3.8) is 0 Å². The molecule has 1 aliphatic rings. The summed E-state index contributed by atoms with van der Waals surface area (Å²) in [6, 6.07) is 8.33. The van der Waals surface area contributed by atoms with Gasteiger partial charge in [0.05, 0.1) is 0 Å². The molecule has 1 fully saturated rings. The Morgan fingerprint density at radius 3 is 2.53 bits per heavy atom. The fourth-order valence-corrected chi connectivity index (χ4v) is 2.79. The smallest absolute Gasteiger partial charge is 0.119 e. The molecule has 0 radical (unpaired) electrons. The molecule has 4 heteroatoms. The maximum Gasteiger partial charge on any atom is 0.119 e. The first-order valence-electron chi connectivity index (χ1n) is 7.01. The summed E-state index contributed by atoms with van der Waals surface area (Å²) in [5.74, 6) is 1.64. The number of likely N-dealkylation sites (tertiary alicyclic amines) is 1. The van der Waals surface area contributed by atoms with E-state index in [2.05, 4.69) is 27.8 Å². The van der Waals surface area contributed by atoms with E-state index in [-0.39, 0.29) is 0 Å². The van der Waals surface area contributed by atoms with E-state index in [1.807, 2.05) is 24.3 Å². The molecule has 19 heavy (non-hydrogen) atoms. The number of nitrogens with two attached hydrogens (primary N) is 1. The molecular formula is C15H23BrN2O. The second-order valence-electron chi connectivity index (χ2n) is 5.34. The van der Waals surface area contributed by atoms with Gasteiger partial charge in [-0.1, -0.05) is 15.9 Å². The van der Waals surface area contributed by atoms with Crippen LogP contribution in [0.1, 0.15) is 19.8 Å². The number of benzene rings is 1. The van der Waals surface area contributed by atoms with Crippen LogP contribution in [0.15, 0.2) is 28.7 Å². The van der Waals surface area contributed by atoms with E-state index in [4.69, 9.17) is 10.5 Å². The molecule has 2 N–H and O–H groups in total. The number of halogens is 1. The molecule has 1 aromatic rings. The normalized spacial score (nSPS) is 19.3. The van der Waals surface area contributed by atoms with Crippen LogP contribution < -0.4 is 10.5 Å². The molecule has 0 saturated carbocycles. The highest BCUT2D eigenvalue weighted by molar-refractivity contribution is 9.10. The Balaban J connectivity index is 1.65. The number of hydrogen-bond donors (Lipinski definition) is 1. The van der Waals surface area contributed by atoms with Crippen molar-refractivity contribution in [3.05, 3.63) is 28.7 Å². The molecule has 2 rings (SSSR count). The summed E-state index contributed by atoms with van der Waals surface area (Å²) in [5.41, 5.74) is 5.95. The van der Waals surface area contributed by atoms with Gasteiger partial charge in [-0.3, -0.25) is 4.90 Å². The lowest BCUT2D eigenvalue weighted by molar-refractivity contribution is 0.147. The van der Waals surface area contributed by atoms with Crippen LogP contribution in [0.2, 0.25) is 0 Å². The molecular weight excluding hydrogens is 304 g/mol. The Morgan fingerprint density at radius 2 is 1.95 bits per heavy atom. The SMILES string of the molecule is CC(N)C1CCN(CCOc2ccc(Br)cc2)CC1. The van der Waals surface area contributed by atoms with E-state index < -0.39 is 0 Å². The third-order valence-corrected chi connectivity index (χ3v) is 4.39. The van der Waals surface area contributed by atoms with Crippen molar-refractivity contribution in [3.8, 4) is 5.75 Å². The van der Waals surface area contributed by atoms with E-state index >= 15 is 0 Å². The molecule has 0 bridgehead atoms. The molecule has 1 saturated heterocycles. The Morgan fingerprint density at radius 1 is 1.32 bits per heavy atom. The van der Waals surface area contributed by atoms with E-state index in [1.54, 1.807) is 0 Å². The van der Waals surface area contributed by atoms with Gasteiger partial charge in [0.1, 0.15) is 12.4 Å². The van der Waals surface area contributed by atoms with E-state index in [0.717, 1.165) is 36.5 Å². The first-order valence-corrected chi connectivity index (χ1v) is 7.81. The lowest BCUT2D eigenvalue weighted by Gasteiger charge is -2.33. The lowest BCUT2D eigenvalue weighted by atomic mass is 9.91. The monoisotopic (exact) mass is 326 g/mol. The van der Waals surface area contributed by atoms with Crippen molar-refractivity contribution >= 4 is 15.9 Å². The standard InChI is InChI=1S/C15H23BrN2O/c1-12(17)13-6-8-18(9-7-13)10-11-19-15-4-2-14(16)3-5-15/h2-5,12-13H,6-11,17H2,1H3. The topological polar surface area (TPSA) is 38.5 Å². The minimum Gasteiger partial charge on any atom is -0.492 e. The van der Waals surface area contributed by atoms with E-state index in [0.29, 0.717) is 12.0 Å². The van der Waals surface area contributed by atoms with E-state index in [1.165, 1.54) is 12.8 Å². The molecule has 1 aromatic carbocycles. The van der Waals surface area contributed by atoms with Crippen LogP contribution >= 0.6 is 15.9 Å². The summed E-state index contributed by atoms with van der Waals surface area (Å²) in [5, 5.41) is 0. The first-order chi connectivity index (χ1) is 9.15. The average Bonchev–Trinajstić information content (AvgIpc) is 2.41. The summed E-state index contributed by atoms with van der Waals surface area (Å²) < 4.78 is 6.83. The van der Waals surface area contributed by atoms with Crippen LogP contribution in [-0.4, -0.2) is 37.2 Å². The molecule has 1 unspecified atom stereocenters. The highest BCUT2D eigenvalue weighted by Crippen LogP contribution is 2.19. The van der Waals surface area contributed by atoms with Gasteiger partial charge in [-0.2, -0.15) is 0 Å². The maximum absolute atomic E-state index is 5.95. The quantitative estimate of drug-likeness (QED) is 0.904. The number of ether oxygens (including phenoxy) is 1. The molecule has 0 spiro atoms. The Labute approximate surface area is 124 Å². The third-order valence-electron chi connectivity index (χ3n) is 3.87. The lowest BCUT2D eigenvalue weighted by Crippen LogP contribution is -2.41. The fourth-order valence-electron chi connectivity index (χ4n) is 2.53. The molecule has 3 nitrogen and oxygen atoms in total. The Hall–Kier alpha value is -0.580. The van der Waals surface area contributed by atoms with Gasteiger partial charge in [-0.15, -0.1) is 0 Å². The van der Waals surface area contributed by atoms with Gasteiger partial charge < -0.3 is 10.5 Å². The van der Waals surface area contributed by atoms with Gasteiger partial charge in [-0.25, -0.2) is 0 Å². The largest absolute Gasteiger partial charge is 0.492 e. The predicted molar refractivity (Wildman–Crippen MR) is 82.5 cm³/mol. The van der Waals surface area contributed by atoms with Crippen LogP contribution in [0.4, 0.5) is 0 Å². The minimum absolute atomic E-state index is 0.334. The highest BCUT2D eigenvalue weighted by atomic mass is 79.9. The minimum atomic E-state index is 0.334. The van der Waals surface area contributed by atoms with Crippen LogP contribution in [0.3, 0.4) is 0 Å². The molecule has 0 aromatic heterocycles. The van der Waals surface area contributed by atoms with Crippen molar-refractivity contribution in [2.24, 2.45) is 11.7 Å². The summed E-state index contributed by atoms with van der Waals surface area (Å²) in [6.07, 6.45) is 2.44. The second-order valence-corrected chi connectivity index (χ2v) is 6.26. The van der Waals surface area contributed by atoms with Crippen molar-refractivity contribution < 1.29 is 4.74 Å². The van der Waals surface area contributed by atoms with Crippen molar-refractivity contribution in [1.82, 2.24) is 4.90 Å². The number of hydrogen-bond acceptors (Lipinski definition) is 3. The zero-order valence-corrected chi connectivity index (χ0v) is 13.1. The number of piperidine rings is 1. The molecule has 0 amide bonds. The Bertz CT molecular complexity index is 372. The molecule has 1 aliphatic heterocycles. The zero-order valence-electron chi connectivity index (χ0n) is 11.5. The van der Waals surface area contributed by atoms with Gasteiger partial charge in [0.15, 0.2) is 0 Å². The number of rotatable bonds is 5. The van der Waals surface area contributed by atoms with Crippen molar-refractivity contribution in [2.45, 2.75) is 25.8 Å². The summed E-state index contributed by atoms with van der Waals surface area (Å²) in [4.78, 5) is 2.47. The zero-order chi connectivity index (χ0) is 13.7. The van der Waals surface area contributed by atoms with Gasteiger partial charge >= 0.3 is 0 Å². The van der Waals surface area contributed by atoms with Crippen molar-refractivity contribution in [2.75, 3.05) is 26.2 Å². The summed E-state index contributed by atoms with van der Waals surface area (Å²) in [6.45, 7) is 6.18. The van der Waals surface area contributed by atoms with Gasteiger partial charge in [0, 0.05) is 17.1 Å². The van der Waals surface area contributed by atoms with E-state index in [9.17, 15) is 0 Å². The third kappa shape index (κ3) is 4.79. The van der Waals surface area contributed by atoms with Gasteiger partial charge in [0.2, 0.25) is 0 Å². The average molecular weight is 327 g/mol. The molecule has 1 heterocycles. The predicted octanol–water partition coefficient (Wildman–Crippen LogP) is 2.89. The van der Waals surface area contributed by atoms with Crippen LogP contribution in [0.5, 0.6) is 5.75 Å². The number of nitrogens with zero attached hydrogens (tertiary/aromatic N) is 1. The molecule has 106 valence electrons. The van der Waals surface area contributed by atoms with Crippen LogP contribution in [0.25, 0.3) is 0 Å². The van der Waals surface area contributed by atoms with Crippen LogP contribution in [0, 0.1) is 5.92 Å². The fraction of sp³-hybridized carbons (Fsp3) is 0.600. The maximum atomic E-state index is 5.95. The van der Waals surface area contributed by atoms with Crippen LogP contribution in [-0.2, 0) is 0 Å². The first kappa shape index (κ1) is 14.8. The van der Waals surface area contributed by atoms with Crippen molar-refractivity contribution in [1.29, 1.82) is 0 Å². The van der Waals surface area contributed by atoms with Gasteiger partial charge in [0.25, 0.3) is 0 Å².